The number of thiophene rings is 1. The number of fused-ring (bicyclic) bond motifs is 11. The highest BCUT2D eigenvalue weighted by Crippen LogP contribution is 2.53. The van der Waals surface area contributed by atoms with E-state index < -0.39 is 0 Å². The quantitative estimate of drug-likeness (QED) is 0.159. The van der Waals surface area contributed by atoms with Crippen LogP contribution in [0.3, 0.4) is 0 Å². The Labute approximate surface area is 330 Å². The molecule has 0 saturated heterocycles. The summed E-state index contributed by atoms with van der Waals surface area (Å²) in [5.41, 5.74) is 12.2. The fraction of sp³-hybridized carbons (Fsp3) is 0.0909. The molecule has 264 valence electrons. The summed E-state index contributed by atoms with van der Waals surface area (Å²) >= 11 is 1.90. The van der Waals surface area contributed by atoms with Crippen molar-refractivity contribution in [2.45, 2.75) is 31.6 Å². The first-order chi connectivity index (χ1) is 27.5. The van der Waals surface area contributed by atoms with Crippen molar-refractivity contribution in [2.75, 3.05) is 0 Å². The van der Waals surface area contributed by atoms with Crippen molar-refractivity contribution in [1.29, 1.82) is 0 Å². The molecule has 0 N–H and O–H groups in total. The van der Waals surface area contributed by atoms with Gasteiger partial charge in [0.05, 0.1) is 0 Å². The molecule has 0 aliphatic heterocycles. The summed E-state index contributed by atoms with van der Waals surface area (Å²) in [5, 5.41) is 13.3. The molecule has 0 amide bonds. The third-order valence-electron chi connectivity index (χ3n) is 13.0. The second-order valence-electron chi connectivity index (χ2n) is 16.3. The maximum atomic E-state index is 2.51. The Hall–Kier alpha value is -6.28. The van der Waals surface area contributed by atoms with E-state index in [1.54, 1.807) is 0 Å². The summed E-state index contributed by atoms with van der Waals surface area (Å²) in [5.74, 6) is 0.308. The van der Waals surface area contributed by atoms with Crippen LogP contribution >= 0.6 is 11.3 Å². The third kappa shape index (κ3) is 4.53. The SMILES string of the molecule is CC1(C)c2ccc(-c3c4ccccc4c(C4=CC=CC(c5cccc6ccccc56)C4)c4ccccc34)cc2-c2cc3c(ccc4sc5ccccc5c43)cc21. The van der Waals surface area contributed by atoms with Crippen molar-refractivity contribution in [3.63, 3.8) is 0 Å². The summed E-state index contributed by atoms with van der Waals surface area (Å²) < 4.78 is 2.71. The normalized spacial score (nSPS) is 16.0. The van der Waals surface area contributed by atoms with Crippen molar-refractivity contribution in [3.8, 4) is 22.3 Å². The minimum absolute atomic E-state index is 0.0986. The van der Waals surface area contributed by atoms with Gasteiger partial charge >= 0.3 is 0 Å². The van der Waals surface area contributed by atoms with Crippen molar-refractivity contribution in [1.82, 2.24) is 0 Å². The van der Waals surface area contributed by atoms with Crippen molar-refractivity contribution >= 4 is 80.2 Å². The lowest BCUT2D eigenvalue weighted by Gasteiger charge is -2.24. The molecule has 9 aromatic carbocycles. The second kappa shape index (κ2) is 11.9. The largest absolute Gasteiger partial charge is 0.135 e. The molecule has 0 fully saturated rings. The molecule has 12 rings (SSSR count). The molecule has 1 unspecified atom stereocenters. The highest BCUT2D eigenvalue weighted by Gasteiger charge is 2.36. The Morgan fingerprint density at radius 2 is 1.16 bits per heavy atom. The number of hydrogen-bond acceptors (Lipinski definition) is 1. The van der Waals surface area contributed by atoms with Gasteiger partial charge in [-0.15, -0.1) is 11.3 Å². The van der Waals surface area contributed by atoms with Crippen LogP contribution in [0.2, 0.25) is 0 Å². The van der Waals surface area contributed by atoms with Crippen LogP contribution in [-0.4, -0.2) is 0 Å². The van der Waals surface area contributed by atoms with Crippen LogP contribution in [0.1, 0.15) is 48.4 Å². The molecule has 1 heteroatoms. The minimum atomic E-state index is -0.0986. The van der Waals surface area contributed by atoms with Gasteiger partial charge in [-0.3, -0.25) is 0 Å². The average molecular weight is 731 g/mol. The molecule has 1 heterocycles. The van der Waals surface area contributed by atoms with Crippen molar-refractivity contribution in [2.24, 2.45) is 0 Å². The predicted octanol–water partition coefficient (Wildman–Crippen LogP) is 15.8. The van der Waals surface area contributed by atoms with Gasteiger partial charge in [-0.2, -0.15) is 0 Å². The van der Waals surface area contributed by atoms with Gasteiger partial charge in [0.25, 0.3) is 0 Å². The van der Waals surface area contributed by atoms with Crippen molar-refractivity contribution < 1.29 is 0 Å². The van der Waals surface area contributed by atoms with E-state index in [2.05, 4.69) is 190 Å². The van der Waals surface area contributed by atoms with Crippen LogP contribution < -0.4 is 0 Å². The zero-order valence-electron chi connectivity index (χ0n) is 31.4. The molecule has 0 nitrogen and oxygen atoms in total. The lowest BCUT2D eigenvalue weighted by atomic mass is 9.79. The van der Waals surface area contributed by atoms with Crippen LogP contribution in [0.15, 0.2) is 176 Å². The van der Waals surface area contributed by atoms with E-state index in [9.17, 15) is 0 Å². The Balaban J connectivity index is 1.05. The summed E-state index contributed by atoms with van der Waals surface area (Å²) in [6, 6.07) is 59.7. The molecule has 10 aromatic rings. The van der Waals surface area contributed by atoms with E-state index in [1.165, 1.54) is 113 Å². The summed E-state index contributed by atoms with van der Waals surface area (Å²) in [6.07, 6.45) is 8.01. The predicted molar refractivity (Wildman–Crippen MR) is 243 cm³/mol. The molecule has 0 spiro atoms. The maximum absolute atomic E-state index is 2.51. The molecular formula is C55H38S. The van der Waals surface area contributed by atoms with Gasteiger partial charge in [-0.1, -0.05) is 159 Å². The van der Waals surface area contributed by atoms with Gasteiger partial charge in [0.15, 0.2) is 0 Å². The number of benzene rings is 9. The van der Waals surface area contributed by atoms with E-state index in [1.807, 2.05) is 11.3 Å². The van der Waals surface area contributed by atoms with Crippen LogP contribution in [0.5, 0.6) is 0 Å². The highest BCUT2D eigenvalue weighted by molar-refractivity contribution is 7.26. The van der Waals surface area contributed by atoms with E-state index in [4.69, 9.17) is 0 Å². The number of rotatable bonds is 3. The molecule has 2 aliphatic carbocycles. The van der Waals surface area contributed by atoms with E-state index in [0.29, 0.717) is 5.92 Å². The summed E-state index contributed by atoms with van der Waals surface area (Å²) in [7, 11) is 0. The fourth-order valence-electron chi connectivity index (χ4n) is 10.4. The third-order valence-corrected chi connectivity index (χ3v) is 14.1. The first kappa shape index (κ1) is 32.0. The Bertz CT molecular complexity index is 3300. The van der Waals surface area contributed by atoms with Gasteiger partial charge in [-0.25, -0.2) is 0 Å². The van der Waals surface area contributed by atoms with Crippen LogP contribution in [0.25, 0.3) is 91.1 Å². The highest BCUT2D eigenvalue weighted by atomic mass is 32.1. The zero-order valence-corrected chi connectivity index (χ0v) is 32.3. The molecule has 0 bridgehead atoms. The smallest absolute Gasteiger partial charge is 0.0361 e. The lowest BCUT2D eigenvalue weighted by Crippen LogP contribution is -2.14. The summed E-state index contributed by atoms with van der Waals surface area (Å²) in [6.45, 7) is 4.80. The van der Waals surface area contributed by atoms with Gasteiger partial charge < -0.3 is 0 Å². The fourth-order valence-corrected chi connectivity index (χ4v) is 11.5. The Morgan fingerprint density at radius 1 is 0.500 bits per heavy atom. The van der Waals surface area contributed by atoms with Crippen LogP contribution in [-0.2, 0) is 5.41 Å². The minimum Gasteiger partial charge on any atom is -0.135 e. The number of allylic oxidation sites excluding steroid dienone is 4. The van der Waals surface area contributed by atoms with Crippen LogP contribution in [0, 0.1) is 0 Å². The first-order valence-corrected chi connectivity index (χ1v) is 20.7. The van der Waals surface area contributed by atoms with E-state index >= 15 is 0 Å². The topological polar surface area (TPSA) is 0 Å². The number of hydrogen-bond donors (Lipinski definition) is 0. The Morgan fingerprint density at radius 3 is 1.95 bits per heavy atom. The van der Waals surface area contributed by atoms with Gasteiger partial charge in [0.1, 0.15) is 0 Å². The lowest BCUT2D eigenvalue weighted by molar-refractivity contribution is 0.661. The Kier molecular flexibility index (Phi) is 6.78. The standard InChI is InChI=1S/C55H38S/c1-55(2)48-27-25-37(30-46(48)47-32-45-35(31-49(47)55)26-28-51-54(45)44-22-9-10-24-50(44)56-51)53-42-20-7-5-18-40(42)52(41-19-6-8-21-43(41)53)36-16-11-15-34(29-36)39-23-12-14-33-13-3-4-17-38(33)39/h3-28,30-32,34H,29H2,1-2H3. The van der Waals surface area contributed by atoms with Crippen LogP contribution in [0.4, 0.5) is 0 Å². The molecule has 56 heavy (non-hydrogen) atoms. The first-order valence-electron chi connectivity index (χ1n) is 19.9. The second-order valence-corrected chi connectivity index (χ2v) is 17.4. The molecule has 0 saturated carbocycles. The molecule has 1 atom stereocenters. The van der Waals surface area contributed by atoms with Gasteiger partial charge in [0, 0.05) is 31.5 Å². The van der Waals surface area contributed by atoms with Gasteiger partial charge in [0.2, 0.25) is 0 Å². The maximum Gasteiger partial charge on any atom is 0.0361 e. The van der Waals surface area contributed by atoms with E-state index in [-0.39, 0.29) is 5.41 Å². The van der Waals surface area contributed by atoms with Gasteiger partial charge in [-0.05, 0) is 130 Å². The molecular weight excluding hydrogens is 693 g/mol. The van der Waals surface area contributed by atoms with Crippen molar-refractivity contribution in [3.05, 3.63) is 198 Å². The van der Waals surface area contributed by atoms with E-state index in [0.717, 1.165) is 6.42 Å². The molecule has 0 radical (unpaired) electrons. The molecule has 1 aromatic heterocycles. The summed E-state index contributed by atoms with van der Waals surface area (Å²) in [4.78, 5) is 0. The average Bonchev–Trinajstić information content (AvgIpc) is 3.73. The monoisotopic (exact) mass is 730 g/mol. The zero-order chi connectivity index (χ0) is 37.1. The molecule has 2 aliphatic rings.